The van der Waals surface area contributed by atoms with Crippen LogP contribution in [0.4, 0.5) is 5.82 Å². The molecule has 0 bridgehead atoms. The Balaban J connectivity index is 1.47. The molecule has 2 aromatic heterocycles. The highest BCUT2D eigenvalue weighted by Crippen LogP contribution is 2.40. The predicted molar refractivity (Wildman–Crippen MR) is 105 cm³/mol. The molecule has 152 valence electrons. The molecule has 0 aromatic carbocycles. The lowest BCUT2D eigenvalue weighted by molar-refractivity contribution is -0.167. The van der Waals surface area contributed by atoms with Gasteiger partial charge >= 0.3 is 0 Å². The maximum absolute atomic E-state index is 12.5. The fraction of sp³-hybridized carbons (Fsp3) is 0.526. The molecule has 2 aliphatic rings. The molecule has 29 heavy (non-hydrogen) atoms. The van der Waals surface area contributed by atoms with Crippen LogP contribution in [0.25, 0.3) is 0 Å². The van der Waals surface area contributed by atoms with E-state index < -0.39 is 17.2 Å². The number of anilines is 1. The highest BCUT2D eigenvalue weighted by atomic mass is 32.1. The second-order valence-electron chi connectivity index (χ2n) is 7.76. The summed E-state index contributed by atoms with van der Waals surface area (Å²) in [6, 6.07) is 2.09. The van der Waals surface area contributed by atoms with Gasteiger partial charge in [0.05, 0.1) is 23.3 Å². The van der Waals surface area contributed by atoms with Gasteiger partial charge in [0.15, 0.2) is 11.5 Å². The summed E-state index contributed by atoms with van der Waals surface area (Å²) < 4.78 is 6.08. The van der Waals surface area contributed by atoms with Crippen LogP contribution >= 0.6 is 11.3 Å². The Morgan fingerprint density at radius 3 is 2.83 bits per heavy atom. The van der Waals surface area contributed by atoms with Crippen LogP contribution in [0.2, 0.25) is 0 Å². The summed E-state index contributed by atoms with van der Waals surface area (Å²) in [6.07, 6.45) is 4.18. The van der Waals surface area contributed by atoms with Crippen LogP contribution in [-0.2, 0) is 4.74 Å². The zero-order valence-corrected chi connectivity index (χ0v) is 16.9. The van der Waals surface area contributed by atoms with Gasteiger partial charge in [-0.25, -0.2) is 15.0 Å². The minimum atomic E-state index is -0.814. The number of thiazole rings is 1. The standard InChI is InChI=1S/C19H22N6O3S/c1-18(24-17(27)14-10-29-12-23-14)11-19(28-9-15(18)26)2-6-25(7-3-19)16-13(8-20)21-4-5-22-16/h4-5,10,12,15,26H,2-3,6-7,9,11H2,1H3,(H,24,27)/t15-,18-/m1/s1. The molecule has 2 atom stereocenters. The first kappa shape index (κ1) is 19.7. The molecule has 2 aliphatic heterocycles. The molecule has 2 saturated heterocycles. The second-order valence-corrected chi connectivity index (χ2v) is 8.48. The van der Waals surface area contributed by atoms with E-state index in [0.29, 0.717) is 49.6 Å². The number of nitrogens with one attached hydrogen (secondary N) is 1. The molecule has 9 nitrogen and oxygen atoms in total. The van der Waals surface area contributed by atoms with Crippen LogP contribution in [-0.4, -0.2) is 62.9 Å². The van der Waals surface area contributed by atoms with Crippen molar-refractivity contribution in [1.82, 2.24) is 20.3 Å². The normalized spacial score (nSPS) is 26.1. The summed E-state index contributed by atoms with van der Waals surface area (Å²) in [5, 5.41) is 24.5. The maximum Gasteiger partial charge on any atom is 0.271 e. The van der Waals surface area contributed by atoms with Gasteiger partial charge in [-0.1, -0.05) is 0 Å². The average molecular weight is 414 g/mol. The lowest BCUT2D eigenvalue weighted by atomic mass is 9.74. The van der Waals surface area contributed by atoms with Crippen LogP contribution in [0.1, 0.15) is 42.4 Å². The van der Waals surface area contributed by atoms with Crippen molar-refractivity contribution < 1.29 is 14.6 Å². The fourth-order valence-corrected chi connectivity index (χ4v) is 4.67. The van der Waals surface area contributed by atoms with Gasteiger partial charge in [-0.3, -0.25) is 4.79 Å². The molecule has 2 N–H and O–H groups in total. The molecule has 4 rings (SSSR count). The van der Waals surface area contributed by atoms with Crippen LogP contribution in [0.15, 0.2) is 23.3 Å². The summed E-state index contributed by atoms with van der Waals surface area (Å²) in [4.78, 5) is 27.0. The molecular formula is C19H22N6O3S. The lowest BCUT2D eigenvalue weighted by Gasteiger charge is -2.52. The molecule has 2 aromatic rings. The first-order valence-corrected chi connectivity index (χ1v) is 10.4. The Labute approximate surface area is 172 Å². The van der Waals surface area contributed by atoms with E-state index in [1.807, 2.05) is 11.8 Å². The number of carbonyl (C=O) groups is 1. The third kappa shape index (κ3) is 3.81. The number of aliphatic hydroxyl groups excluding tert-OH is 1. The molecule has 1 spiro atoms. The van der Waals surface area contributed by atoms with Crippen LogP contribution < -0.4 is 10.2 Å². The second kappa shape index (κ2) is 7.67. The third-order valence-electron chi connectivity index (χ3n) is 5.80. The first-order chi connectivity index (χ1) is 13.9. The summed E-state index contributed by atoms with van der Waals surface area (Å²) in [5.74, 6) is 0.292. The van der Waals surface area contributed by atoms with E-state index in [9.17, 15) is 15.2 Å². The molecule has 2 fully saturated rings. The van der Waals surface area contributed by atoms with Crippen LogP contribution in [0.5, 0.6) is 0 Å². The Kier molecular flexibility index (Phi) is 5.21. The van der Waals surface area contributed by atoms with Crippen molar-refractivity contribution in [3.05, 3.63) is 34.7 Å². The van der Waals surface area contributed by atoms with Gasteiger partial charge in [-0.15, -0.1) is 11.3 Å². The number of nitrogens with zero attached hydrogens (tertiary/aromatic N) is 5. The summed E-state index contributed by atoms with van der Waals surface area (Å²) in [6.45, 7) is 3.32. The minimum absolute atomic E-state index is 0.155. The number of carbonyl (C=O) groups excluding carboxylic acids is 1. The highest BCUT2D eigenvalue weighted by molar-refractivity contribution is 7.07. The number of hydrogen-bond donors (Lipinski definition) is 2. The largest absolute Gasteiger partial charge is 0.388 e. The van der Waals surface area contributed by atoms with Crippen LogP contribution in [0.3, 0.4) is 0 Å². The quantitative estimate of drug-likeness (QED) is 0.765. The van der Waals surface area contributed by atoms with Gasteiger partial charge in [0.2, 0.25) is 0 Å². The smallest absolute Gasteiger partial charge is 0.271 e. The predicted octanol–water partition coefficient (Wildman–Crippen LogP) is 1.11. The number of piperidine rings is 1. The topological polar surface area (TPSA) is 124 Å². The van der Waals surface area contributed by atoms with E-state index in [-0.39, 0.29) is 12.5 Å². The van der Waals surface area contributed by atoms with Crippen molar-refractivity contribution in [1.29, 1.82) is 5.26 Å². The number of rotatable bonds is 3. The maximum atomic E-state index is 12.5. The van der Waals surface area contributed by atoms with E-state index in [4.69, 9.17) is 4.74 Å². The number of hydrogen-bond acceptors (Lipinski definition) is 9. The van der Waals surface area contributed by atoms with E-state index >= 15 is 0 Å². The highest BCUT2D eigenvalue weighted by Gasteiger charge is 2.50. The van der Waals surface area contributed by atoms with Gasteiger partial charge in [0.25, 0.3) is 5.91 Å². The Morgan fingerprint density at radius 2 is 2.14 bits per heavy atom. The van der Waals surface area contributed by atoms with Crippen molar-refractivity contribution in [3.63, 3.8) is 0 Å². The number of nitriles is 1. The SMILES string of the molecule is C[C@@]1(NC(=O)c2cscn2)CC2(CCN(c3nccnc3C#N)CC2)OC[C@H]1O. The van der Waals surface area contributed by atoms with Crippen molar-refractivity contribution in [2.24, 2.45) is 0 Å². The molecule has 1 amide bonds. The van der Waals surface area contributed by atoms with Crippen molar-refractivity contribution >= 4 is 23.1 Å². The fourth-order valence-electron chi connectivity index (χ4n) is 4.14. The Bertz CT molecular complexity index is 922. The summed E-state index contributed by atoms with van der Waals surface area (Å²) in [5.41, 5.74) is 1.01. The molecule has 0 unspecified atom stereocenters. The lowest BCUT2D eigenvalue weighted by Crippen LogP contribution is -2.65. The molecule has 0 radical (unpaired) electrons. The Morgan fingerprint density at radius 1 is 1.38 bits per heavy atom. The number of aliphatic hydroxyl groups is 1. The van der Waals surface area contributed by atoms with Gasteiger partial charge in [0.1, 0.15) is 17.9 Å². The molecule has 0 aliphatic carbocycles. The zero-order chi connectivity index (χ0) is 20.5. The van der Waals surface area contributed by atoms with Gasteiger partial charge in [0, 0.05) is 37.3 Å². The molecule has 0 saturated carbocycles. The summed E-state index contributed by atoms with van der Waals surface area (Å²) in [7, 11) is 0. The number of ether oxygens (including phenoxy) is 1. The minimum Gasteiger partial charge on any atom is -0.388 e. The summed E-state index contributed by atoms with van der Waals surface area (Å²) >= 11 is 1.35. The third-order valence-corrected chi connectivity index (χ3v) is 6.38. The van der Waals surface area contributed by atoms with E-state index in [1.54, 1.807) is 17.1 Å². The van der Waals surface area contributed by atoms with E-state index in [1.165, 1.54) is 17.5 Å². The number of aromatic nitrogens is 3. The van der Waals surface area contributed by atoms with Gasteiger partial charge in [-0.2, -0.15) is 5.26 Å². The van der Waals surface area contributed by atoms with Crippen molar-refractivity contribution in [2.75, 3.05) is 24.6 Å². The van der Waals surface area contributed by atoms with Crippen molar-refractivity contribution in [3.8, 4) is 6.07 Å². The molecule has 4 heterocycles. The molecular weight excluding hydrogens is 392 g/mol. The van der Waals surface area contributed by atoms with E-state index in [0.717, 1.165) is 0 Å². The Hall–Kier alpha value is -2.61. The zero-order valence-electron chi connectivity index (χ0n) is 16.0. The molecule has 10 heteroatoms. The van der Waals surface area contributed by atoms with Gasteiger partial charge in [-0.05, 0) is 19.8 Å². The van der Waals surface area contributed by atoms with Gasteiger partial charge < -0.3 is 20.1 Å². The van der Waals surface area contributed by atoms with Crippen LogP contribution in [0, 0.1) is 11.3 Å². The number of amides is 1. The van der Waals surface area contributed by atoms with Crippen molar-refractivity contribution in [2.45, 2.75) is 43.4 Å². The van der Waals surface area contributed by atoms with E-state index in [2.05, 4.69) is 26.3 Å². The average Bonchev–Trinajstić information content (AvgIpc) is 3.27. The first-order valence-electron chi connectivity index (χ1n) is 9.43. The monoisotopic (exact) mass is 414 g/mol.